The molecule has 9 heteroatoms. The van der Waals surface area contributed by atoms with Gasteiger partial charge in [0.15, 0.2) is 0 Å². The van der Waals surface area contributed by atoms with Crippen LogP contribution in [0.3, 0.4) is 0 Å². The number of carbonyl (C=O) groups is 1. The molecule has 0 unspecified atom stereocenters. The van der Waals surface area contributed by atoms with Crippen molar-refractivity contribution >= 4 is 27.7 Å². The van der Waals surface area contributed by atoms with Crippen LogP contribution in [0.4, 0.5) is 10.5 Å². The van der Waals surface area contributed by atoms with Gasteiger partial charge in [-0.1, -0.05) is 0 Å². The maximum Gasteiger partial charge on any atom is 0.410 e. The van der Waals surface area contributed by atoms with Gasteiger partial charge in [-0.15, -0.1) is 0 Å². The summed E-state index contributed by atoms with van der Waals surface area (Å²) in [5, 5.41) is 11.0. The van der Waals surface area contributed by atoms with Gasteiger partial charge in [0.05, 0.1) is 27.3 Å². The Bertz CT molecular complexity index is 874. The molecule has 1 amide bonds. The third-order valence-electron chi connectivity index (χ3n) is 4.25. The minimum absolute atomic E-state index is 0.00498. The zero-order valence-corrected chi connectivity index (χ0v) is 16.9. The highest BCUT2D eigenvalue weighted by atomic mass is 79.9. The average molecular weight is 437 g/mol. The Labute approximate surface area is 165 Å². The number of benzene rings is 1. The van der Waals surface area contributed by atoms with E-state index < -0.39 is 10.5 Å². The maximum atomic E-state index is 12.5. The highest BCUT2D eigenvalue weighted by Gasteiger charge is 2.34. The second-order valence-corrected chi connectivity index (χ2v) is 8.29. The SMILES string of the molecule is CC(C)(C)OC(=O)N1CCC[C@H]1c1ncc(-c2ccc([N+](=O)[O-])c(Br)c2)[nH]1. The van der Waals surface area contributed by atoms with Crippen LogP contribution in [0.2, 0.25) is 0 Å². The van der Waals surface area contributed by atoms with Crippen molar-refractivity contribution in [3.8, 4) is 11.3 Å². The zero-order chi connectivity index (χ0) is 19.8. The van der Waals surface area contributed by atoms with Crippen LogP contribution in [0.1, 0.15) is 45.5 Å². The van der Waals surface area contributed by atoms with E-state index in [0.29, 0.717) is 16.8 Å². The molecule has 1 aliphatic rings. The maximum absolute atomic E-state index is 12.5. The second kappa shape index (κ2) is 7.30. The molecule has 0 saturated carbocycles. The minimum Gasteiger partial charge on any atom is -0.444 e. The van der Waals surface area contributed by atoms with Gasteiger partial charge >= 0.3 is 6.09 Å². The predicted octanol–water partition coefficient (Wildman–Crippen LogP) is 4.82. The minimum atomic E-state index is -0.552. The molecule has 3 rings (SSSR count). The van der Waals surface area contributed by atoms with Crippen molar-refractivity contribution in [2.24, 2.45) is 0 Å². The standard InChI is InChI=1S/C18H21BrN4O4/c1-18(2,3)27-17(24)22-8-4-5-15(22)16-20-10-13(21-16)11-6-7-14(23(25)26)12(19)9-11/h6-7,9-10,15H,4-5,8H2,1-3H3,(H,20,21)/t15-/m0/s1. The topological polar surface area (TPSA) is 101 Å². The first kappa shape index (κ1) is 19.3. The van der Waals surface area contributed by atoms with Gasteiger partial charge in [-0.2, -0.15) is 0 Å². The molecule has 2 heterocycles. The molecule has 1 fully saturated rings. The van der Waals surface area contributed by atoms with E-state index >= 15 is 0 Å². The second-order valence-electron chi connectivity index (χ2n) is 7.44. The molecule has 1 saturated heterocycles. The quantitative estimate of drug-likeness (QED) is 0.548. The van der Waals surface area contributed by atoms with Crippen molar-refractivity contribution in [2.75, 3.05) is 6.54 Å². The van der Waals surface area contributed by atoms with Crippen LogP contribution in [-0.2, 0) is 4.74 Å². The number of carbonyl (C=O) groups excluding carboxylic acids is 1. The third-order valence-corrected chi connectivity index (χ3v) is 4.88. The van der Waals surface area contributed by atoms with Gasteiger partial charge in [0, 0.05) is 18.2 Å². The van der Waals surface area contributed by atoms with Crippen molar-refractivity contribution in [1.82, 2.24) is 14.9 Å². The van der Waals surface area contributed by atoms with E-state index in [1.54, 1.807) is 23.2 Å². The van der Waals surface area contributed by atoms with E-state index in [4.69, 9.17) is 4.74 Å². The molecule has 0 aliphatic carbocycles. The molecular formula is C18H21BrN4O4. The van der Waals surface area contributed by atoms with Gasteiger partial charge in [-0.25, -0.2) is 9.78 Å². The van der Waals surface area contributed by atoms with E-state index in [0.717, 1.165) is 24.1 Å². The number of imidazole rings is 1. The van der Waals surface area contributed by atoms with Crippen LogP contribution < -0.4 is 0 Å². The van der Waals surface area contributed by atoms with E-state index in [2.05, 4.69) is 25.9 Å². The number of aromatic amines is 1. The molecule has 144 valence electrons. The smallest absolute Gasteiger partial charge is 0.410 e. The lowest BCUT2D eigenvalue weighted by molar-refractivity contribution is -0.385. The van der Waals surface area contributed by atoms with Crippen molar-refractivity contribution in [3.05, 3.63) is 44.8 Å². The van der Waals surface area contributed by atoms with E-state index in [-0.39, 0.29) is 17.8 Å². The Kier molecular flexibility index (Phi) is 5.23. The number of H-pyrrole nitrogens is 1. The zero-order valence-electron chi connectivity index (χ0n) is 15.4. The molecule has 1 atom stereocenters. The first-order chi connectivity index (χ1) is 12.7. The number of nitro groups is 1. The number of aromatic nitrogens is 2. The largest absolute Gasteiger partial charge is 0.444 e. The van der Waals surface area contributed by atoms with Gasteiger partial charge in [0.1, 0.15) is 11.4 Å². The lowest BCUT2D eigenvalue weighted by Crippen LogP contribution is -2.36. The molecule has 8 nitrogen and oxygen atoms in total. The molecule has 1 aliphatic heterocycles. The van der Waals surface area contributed by atoms with Gasteiger partial charge in [0.2, 0.25) is 0 Å². The first-order valence-electron chi connectivity index (χ1n) is 8.64. The van der Waals surface area contributed by atoms with Gasteiger partial charge in [-0.3, -0.25) is 15.0 Å². The monoisotopic (exact) mass is 436 g/mol. The van der Waals surface area contributed by atoms with E-state index in [1.807, 2.05) is 20.8 Å². The summed E-state index contributed by atoms with van der Waals surface area (Å²) in [5.41, 5.74) is 0.957. The van der Waals surface area contributed by atoms with Gasteiger partial charge < -0.3 is 9.72 Å². The number of nitrogens with zero attached hydrogens (tertiary/aromatic N) is 3. The van der Waals surface area contributed by atoms with Gasteiger partial charge in [-0.05, 0) is 61.7 Å². The lowest BCUT2D eigenvalue weighted by atomic mass is 10.1. The van der Waals surface area contributed by atoms with Gasteiger partial charge in [0.25, 0.3) is 5.69 Å². The normalized spacial score (nSPS) is 17.2. The molecule has 0 radical (unpaired) electrons. The van der Waals surface area contributed by atoms with Crippen molar-refractivity contribution in [1.29, 1.82) is 0 Å². The van der Waals surface area contributed by atoms with Crippen LogP contribution in [-0.4, -0.2) is 38.0 Å². The Morgan fingerprint density at radius 3 is 2.81 bits per heavy atom. The number of amides is 1. The number of nitrogens with one attached hydrogen (secondary N) is 1. The van der Waals surface area contributed by atoms with Crippen LogP contribution in [0.5, 0.6) is 0 Å². The molecule has 1 aromatic carbocycles. The highest BCUT2D eigenvalue weighted by molar-refractivity contribution is 9.10. The van der Waals surface area contributed by atoms with Crippen LogP contribution in [0.15, 0.2) is 28.9 Å². The number of hydrogen-bond donors (Lipinski definition) is 1. The Morgan fingerprint density at radius 1 is 1.44 bits per heavy atom. The third kappa shape index (κ3) is 4.29. The fourth-order valence-corrected chi connectivity index (χ4v) is 3.59. The number of likely N-dealkylation sites (tertiary alicyclic amines) is 1. The fraction of sp³-hybridized carbons (Fsp3) is 0.444. The Morgan fingerprint density at radius 2 is 2.19 bits per heavy atom. The van der Waals surface area contributed by atoms with Crippen molar-refractivity contribution in [3.63, 3.8) is 0 Å². The summed E-state index contributed by atoms with van der Waals surface area (Å²) in [7, 11) is 0. The van der Waals surface area contributed by atoms with Crippen molar-refractivity contribution < 1.29 is 14.5 Å². The summed E-state index contributed by atoms with van der Waals surface area (Å²) in [5.74, 6) is 0.683. The summed E-state index contributed by atoms with van der Waals surface area (Å²) in [6.07, 6.45) is 3.01. The molecule has 0 bridgehead atoms. The summed E-state index contributed by atoms with van der Waals surface area (Å²) < 4.78 is 5.89. The number of nitro benzene ring substituents is 1. The van der Waals surface area contributed by atoms with E-state index in [9.17, 15) is 14.9 Å². The summed E-state index contributed by atoms with van der Waals surface area (Å²) in [6, 6.07) is 4.62. The van der Waals surface area contributed by atoms with Crippen LogP contribution in [0.25, 0.3) is 11.3 Å². The molecule has 27 heavy (non-hydrogen) atoms. The molecular weight excluding hydrogens is 416 g/mol. The first-order valence-corrected chi connectivity index (χ1v) is 9.44. The average Bonchev–Trinajstić information content (AvgIpc) is 3.22. The van der Waals surface area contributed by atoms with Crippen LogP contribution >= 0.6 is 15.9 Å². The molecule has 1 N–H and O–H groups in total. The van der Waals surface area contributed by atoms with E-state index in [1.165, 1.54) is 6.07 Å². The number of ether oxygens (including phenoxy) is 1. The Balaban J connectivity index is 1.82. The Hall–Kier alpha value is -2.42. The molecule has 1 aromatic heterocycles. The summed E-state index contributed by atoms with van der Waals surface area (Å²) >= 11 is 3.23. The summed E-state index contributed by atoms with van der Waals surface area (Å²) in [6.45, 7) is 6.15. The lowest BCUT2D eigenvalue weighted by Gasteiger charge is -2.27. The number of hydrogen-bond acceptors (Lipinski definition) is 5. The number of rotatable bonds is 3. The molecule has 0 spiro atoms. The number of halogens is 1. The predicted molar refractivity (Wildman–Crippen MR) is 103 cm³/mol. The van der Waals surface area contributed by atoms with Crippen LogP contribution in [0, 0.1) is 10.1 Å². The summed E-state index contributed by atoms with van der Waals surface area (Å²) in [4.78, 5) is 32.3. The highest BCUT2D eigenvalue weighted by Crippen LogP contribution is 2.34. The fourth-order valence-electron chi connectivity index (χ4n) is 3.07. The van der Waals surface area contributed by atoms with Crippen molar-refractivity contribution in [2.45, 2.75) is 45.3 Å². The molecule has 2 aromatic rings.